The molecule has 0 amide bonds. The van der Waals surface area contributed by atoms with Crippen molar-refractivity contribution in [2.75, 3.05) is 56.0 Å². The third-order valence-electron chi connectivity index (χ3n) is 7.36. The minimum Gasteiger partial charge on any atom is -0.441 e. The summed E-state index contributed by atoms with van der Waals surface area (Å²) in [6.07, 6.45) is 4.55. The minimum absolute atomic E-state index is 0.267. The van der Waals surface area contributed by atoms with Crippen LogP contribution < -0.4 is 14.7 Å². The number of nitrogens with zero attached hydrogens (tertiary/aromatic N) is 3. The monoisotopic (exact) mass is 499 g/mol. The molecule has 0 atom stereocenters. The Kier molecular flexibility index (Phi) is 8.11. The van der Waals surface area contributed by atoms with Gasteiger partial charge in [-0.15, -0.1) is 0 Å². The molecule has 0 radical (unpaired) electrons. The second-order valence-electron chi connectivity index (χ2n) is 10.4. The van der Waals surface area contributed by atoms with E-state index < -0.39 is 5.60 Å². The van der Waals surface area contributed by atoms with E-state index in [2.05, 4.69) is 89.2 Å². The molecule has 0 aliphatic carbocycles. The lowest BCUT2D eigenvalue weighted by Gasteiger charge is -2.31. The van der Waals surface area contributed by atoms with Gasteiger partial charge in [-0.1, -0.05) is 57.0 Å². The molecule has 5 heteroatoms. The van der Waals surface area contributed by atoms with Crippen molar-refractivity contribution in [2.24, 2.45) is 0 Å². The molecular weight excluding hydrogens is 458 g/mol. The van der Waals surface area contributed by atoms with E-state index in [0.717, 1.165) is 72.5 Å². The third kappa shape index (κ3) is 5.18. The molecule has 0 unspecified atom stereocenters. The Morgan fingerprint density at radius 3 is 1.57 bits per heavy atom. The second-order valence-corrected chi connectivity index (χ2v) is 10.4. The van der Waals surface area contributed by atoms with Crippen LogP contribution in [0, 0.1) is 0 Å². The quantitative estimate of drug-likeness (QED) is 0.275. The number of carbonyl (C=O) groups is 1. The molecule has 1 heterocycles. The lowest BCUT2D eigenvalue weighted by molar-refractivity contribution is 0.0251. The van der Waals surface area contributed by atoms with Gasteiger partial charge >= 0.3 is 5.97 Å². The predicted molar refractivity (Wildman–Crippen MR) is 155 cm³/mol. The fourth-order valence-electron chi connectivity index (χ4n) is 5.11. The van der Waals surface area contributed by atoms with Gasteiger partial charge in [0.25, 0.3) is 0 Å². The van der Waals surface area contributed by atoms with Gasteiger partial charge in [-0.25, -0.2) is 4.79 Å². The number of unbranched alkanes of at least 4 members (excludes halogenated alkanes) is 2. The fraction of sp³-hybridized carbons (Fsp3) is 0.406. The van der Waals surface area contributed by atoms with Gasteiger partial charge in [-0.05, 0) is 49.2 Å². The van der Waals surface area contributed by atoms with E-state index >= 15 is 0 Å². The number of hydrogen-bond acceptors (Lipinski definition) is 5. The van der Waals surface area contributed by atoms with Gasteiger partial charge < -0.3 is 19.4 Å². The standard InChI is InChI=1S/C32H41N3O2/c1-7-9-21-35(22-10-8-2)28-19-20-30-29(23-28)31(36)37-32(30,24-11-15-26(16-12-24)33(3)4)25-13-17-27(18-14-25)34(5)6/h11-20,23H,7-10,21-22H2,1-6H3. The Balaban J connectivity index is 1.85. The van der Waals surface area contributed by atoms with Crippen LogP contribution in [0.25, 0.3) is 0 Å². The average molecular weight is 500 g/mol. The van der Waals surface area contributed by atoms with Crippen LogP contribution in [-0.2, 0) is 10.3 Å². The molecule has 0 saturated carbocycles. The van der Waals surface area contributed by atoms with Crippen LogP contribution in [0.2, 0.25) is 0 Å². The summed E-state index contributed by atoms with van der Waals surface area (Å²) in [5, 5.41) is 0. The Morgan fingerprint density at radius 1 is 0.676 bits per heavy atom. The van der Waals surface area contributed by atoms with E-state index in [1.807, 2.05) is 34.3 Å². The van der Waals surface area contributed by atoms with Crippen molar-refractivity contribution in [3.8, 4) is 0 Å². The first-order valence-corrected chi connectivity index (χ1v) is 13.5. The number of esters is 1. The highest BCUT2D eigenvalue weighted by molar-refractivity contribution is 5.97. The maximum absolute atomic E-state index is 13.5. The van der Waals surface area contributed by atoms with Gasteiger partial charge in [0.05, 0.1) is 5.56 Å². The summed E-state index contributed by atoms with van der Waals surface area (Å²) in [5.41, 5.74) is 5.77. The van der Waals surface area contributed by atoms with Crippen LogP contribution in [0.3, 0.4) is 0 Å². The maximum atomic E-state index is 13.5. The topological polar surface area (TPSA) is 36.0 Å². The molecule has 196 valence electrons. The first kappa shape index (κ1) is 26.6. The summed E-state index contributed by atoms with van der Waals surface area (Å²) in [5.74, 6) is -0.267. The Morgan fingerprint density at radius 2 is 1.14 bits per heavy atom. The van der Waals surface area contributed by atoms with Crippen molar-refractivity contribution in [3.05, 3.63) is 89.0 Å². The summed E-state index contributed by atoms with van der Waals surface area (Å²) in [6.45, 7) is 6.42. The zero-order valence-corrected chi connectivity index (χ0v) is 23.3. The molecule has 0 saturated heterocycles. The molecule has 0 fully saturated rings. The zero-order valence-electron chi connectivity index (χ0n) is 23.3. The first-order chi connectivity index (χ1) is 17.8. The van der Waals surface area contributed by atoms with Crippen molar-refractivity contribution in [3.63, 3.8) is 0 Å². The maximum Gasteiger partial charge on any atom is 0.340 e. The Bertz CT molecular complexity index is 1140. The van der Waals surface area contributed by atoms with Crippen LogP contribution in [0.4, 0.5) is 17.1 Å². The zero-order chi connectivity index (χ0) is 26.6. The van der Waals surface area contributed by atoms with Crippen molar-refractivity contribution < 1.29 is 9.53 Å². The van der Waals surface area contributed by atoms with Gasteiger partial charge in [-0.3, -0.25) is 0 Å². The van der Waals surface area contributed by atoms with Crippen molar-refractivity contribution in [2.45, 2.75) is 45.1 Å². The van der Waals surface area contributed by atoms with Gasteiger partial charge in [0.2, 0.25) is 0 Å². The van der Waals surface area contributed by atoms with Crippen LogP contribution in [0.1, 0.15) is 66.6 Å². The third-order valence-corrected chi connectivity index (χ3v) is 7.36. The molecule has 1 aliphatic rings. The van der Waals surface area contributed by atoms with E-state index in [4.69, 9.17) is 4.74 Å². The van der Waals surface area contributed by atoms with E-state index in [1.54, 1.807) is 0 Å². The average Bonchev–Trinajstić information content (AvgIpc) is 3.21. The molecule has 4 rings (SSSR count). The Hall–Kier alpha value is -3.47. The van der Waals surface area contributed by atoms with E-state index in [9.17, 15) is 4.79 Å². The molecule has 3 aromatic carbocycles. The van der Waals surface area contributed by atoms with Crippen LogP contribution in [0.15, 0.2) is 66.7 Å². The van der Waals surface area contributed by atoms with E-state index in [0.29, 0.717) is 5.56 Å². The summed E-state index contributed by atoms with van der Waals surface area (Å²) in [6, 6.07) is 23.0. The number of carbonyl (C=O) groups excluding carboxylic acids is 1. The number of hydrogen-bond donors (Lipinski definition) is 0. The highest BCUT2D eigenvalue weighted by Crippen LogP contribution is 2.48. The summed E-state index contributed by atoms with van der Waals surface area (Å²) in [4.78, 5) is 20.1. The number of benzene rings is 3. The molecule has 0 N–H and O–H groups in total. The van der Waals surface area contributed by atoms with Crippen molar-refractivity contribution in [1.82, 2.24) is 0 Å². The van der Waals surface area contributed by atoms with Crippen LogP contribution >= 0.6 is 0 Å². The molecule has 3 aromatic rings. The lowest BCUT2D eigenvalue weighted by atomic mass is 9.79. The highest BCUT2D eigenvalue weighted by Gasteiger charge is 2.48. The number of rotatable bonds is 11. The summed E-state index contributed by atoms with van der Waals surface area (Å²) in [7, 11) is 8.11. The van der Waals surface area contributed by atoms with Crippen LogP contribution in [0.5, 0.6) is 0 Å². The summed E-state index contributed by atoms with van der Waals surface area (Å²) >= 11 is 0. The molecule has 0 aromatic heterocycles. The van der Waals surface area contributed by atoms with E-state index in [1.165, 1.54) is 0 Å². The normalized spacial score (nSPS) is 13.7. The number of cyclic esters (lactones) is 1. The molecule has 0 spiro atoms. The molecule has 1 aliphatic heterocycles. The van der Waals surface area contributed by atoms with Gasteiger partial charge in [0.15, 0.2) is 5.60 Å². The van der Waals surface area contributed by atoms with Gasteiger partial charge in [0, 0.05) is 75.0 Å². The SMILES string of the molecule is CCCCN(CCCC)c1ccc2c(c1)C(=O)OC2(c1ccc(N(C)C)cc1)c1ccc(N(C)C)cc1. The van der Waals surface area contributed by atoms with Crippen LogP contribution in [-0.4, -0.2) is 47.2 Å². The predicted octanol–water partition coefficient (Wildman–Crippen LogP) is 6.69. The summed E-state index contributed by atoms with van der Waals surface area (Å²) < 4.78 is 6.40. The molecule has 37 heavy (non-hydrogen) atoms. The molecule has 0 bridgehead atoms. The number of ether oxygens (including phenoxy) is 1. The van der Waals surface area contributed by atoms with Gasteiger partial charge in [-0.2, -0.15) is 0 Å². The largest absolute Gasteiger partial charge is 0.441 e. The first-order valence-electron chi connectivity index (χ1n) is 13.5. The second kappa shape index (κ2) is 11.3. The van der Waals surface area contributed by atoms with Crippen molar-refractivity contribution >= 4 is 23.0 Å². The van der Waals surface area contributed by atoms with Crippen molar-refractivity contribution in [1.29, 1.82) is 0 Å². The Labute approximate surface area is 222 Å². The van der Waals surface area contributed by atoms with E-state index in [-0.39, 0.29) is 5.97 Å². The molecular formula is C32H41N3O2. The molecule has 5 nitrogen and oxygen atoms in total. The highest BCUT2D eigenvalue weighted by atomic mass is 16.6. The number of fused-ring (bicyclic) bond motifs is 1. The smallest absolute Gasteiger partial charge is 0.340 e. The fourth-order valence-corrected chi connectivity index (χ4v) is 5.11. The lowest BCUT2D eigenvalue weighted by Crippen LogP contribution is -2.30. The van der Waals surface area contributed by atoms with Gasteiger partial charge in [0.1, 0.15) is 0 Å². The number of anilines is 3. The minimum atomic E-state index is -0.988.